The molecule has 0 radical (unpaired) electrons. The van der Waals surface area contributed by atoms with Gasteiger partial charge in [-0.3, -0.25) is 24.5 Å². The van der Waals surface area contributed by atoms with E-state index in [-0.39, 0.29) is 59.6 Å². The molecule has 1 fully saturated rings. The number of hydrogen-bond acceptors (Lipinski definition) is 10. The molecule has 3 rings (SSSR count). The van der Waals surface area contributed by atoms with Crippen molar-refractivity contribution in [2.45, 2.75) is 32.4 Å². The van der Waals surface area contributed by atoms with Crippen molar-refractivity contribution < 1.29 is 43.0 Å². The average molecular weight is 515 g/mol. The van der Waals surface area contributed by atoms with Gasteiger partial charge < -0.3 is 29.2 Å². The van der Waals surface area contributed by atoms with Crippen LogP contribution in [-0.2, 0) is 25.7 Å². The lowest BCUT2D eigenvalue weighted by Gasteiger charge is -2.16. The summed E-state index contributed by atoms with van der Waals surface area (Å²) in [6.07, 6.45) is -1.21. The van der Waals surface area contributed by atoms with Crippen molar-refractivity contribution in [3.05, 3.63) is 52.1 Å². The summed E-state index contributed by atoms with van der Waals surface area (Å²) in [7, 11) is 2.71. The van der Waals surface area contributed by atoms with E-state index in [0.717, 1.165) is 0 Å². The number of nitrogens with one attached hydrogen (secondary N) is 1. The number of amides is 2. The molecular formula is C24H25N3O10. The number of methoxy groups -OCH3 is 2. The maximum atomic E-state index is 12.2. The van der Waals surface area contributed by atoms with Crippen LogP contribution < -0.4 is 24.4 Å². The van der Waals surface area contributed by atoms with Gasteiger partial charge in [-0.25, -0.2) is 4.79 Å². The highest BCUT2D eigenvalue weighted by atomic mass is 16.6. The quantitative estimate of drug-likeness (QED) is 0.163. The van der Waals surface area contributed by atoms with E-state index in [2.05, 4.69) is 5.32 Å². The number of rotatable bonds is 10. The molecule has 1 atom stereocenters. The molecule has 37 heavy (non-hydrogen) atoms. The highest BCUT2D eigenvalue weighted by Gasteiger charge is 2.28. The monoisotopic (exact) mass is 515 g/mol. The number of alkyl carbamates (subject to hydrolysis) is 1. The van der Waals surface area contributed by atoms with E-state index < -0.39 is 29.6 Å². The van der Waals surface area contributed by atoms with Crippen molar-refractivity contribution >= 4 is 35.1 Å². The molecule has 2 aromatic carbocycles. The zero-order valence-corrected chi connectivity index (χ0v) is 20.3. The summed E-state index contributed by atoms with van der Waals surface area (Å²) in [6.45, 7) is 1.15. The third-order valence-corrected chi connectivity index (χ3v) is 5.34. The number of Topliss-reactive ketones (excluding diaryl/α,β-unsaturated/α-hetero) is 1. The van der Waals surface area contributed by atoms with E-state index in [9.17, 15) is 29.3 Å². The Hall–Kier alpha value is -4.68. The van der Waals surface area contributed by atoms with Crippen LogP contribution in [0.15, 0.2) is 36.4 Å². The number of carbonyl (C=O) groups is 4. The second kappa shape index (κ2) is 11.8. The Bertz CT molecular complexity index is 1210. The van der Waals surface area contributed by atoms with E-state index in [1.807, 2.05) is 0 Å². The molecular weight excluding hydrogens is 490 g/mol. The van der Waals surface area contributed by atoms with Gasteiger partial charge in [0.25, 0.3) is 5.69 Å². The molecule has 1 heterocycles. The van der Waals surface area contributed by atoms with Crippen LogP contribution in [0.3, 0.4) is 0 Å². The van der Waals surface area contributed by atoms with Gasteiger partial charge in [-0.1, -0.05) is 0 Å². The number of ether oxygens (including phenoxy) is 4. The summed E-state index contributed by atoms with van der Waals surface area (Å²) in [4.78, 5) is 59.7. The molecule has 0 aliphatic carbocycles. The molecule has 1 aliphatic rings. The number of nitrogens with zero attached hydrogens (tertiary/aromatic N) is 2. The topological polar surface area (TPSA) is 164 Å². The Morgan fingerprint density at radius 3 is 2.32 bits per heavy atom. The first kappa shape index (κ1) is 26.9. The molecule has 13 heteroatoms. The molecule has 13 nitrogen and oxygen atoms in total. The molecule has 0 bridgehead atoms. The lowest BCUT2D eigenvalue weighted by Crippen LogP contribution is -2.35. The van der Waals surface area contributed by atoms with Gasteiger partial charge >= 0.3 is 12.1 Å². The van der Waals surface area contributed by atoms with Crippen LogP contribution in [-0.4, -0.2) is 55.5 Å². The first-order chi connectivity index (χ1) is 17.6. The van der Waals surface area contributed by atoms with E-state index in [4.69, 9.17) is 18.9 Å². The van der Waals surface area contributed by atoms with E-state index in [1.54, 1.807) is 19.1 Å². The minimum Gasteiger partial charge on any atom is -0.493 e. The predicted octanol–water partition coefficient (Wildman–Crippen LogP) is 2.53. The van der Waals surface area contributed by atoms with Gasteiger partial charge in [-0.15, -0.1) is 0 Å². The lowest BCUT2D eigenvalue weighted by molar-refractivity contribution is -0.385. The molecule has 0 aromatic heterocycles. The minimum atomic E-state index is -0.890. The summed E-state index contributed by atoms with van der Waals surface area (Å²) >= 11 is 0. The highest BCUT2D eigenvalue weighted by Crippen LogP contribution is 2.34. The Morgan fingerprint density at radius 2 is 1.76 bits per heavy atom. The summed E-state index contributed by atoms with van der Waals surface area (Å²) in [5.74, 6) is -0.476. The minimum absolute atomic E-state index is 0.0105. The van der Waals surface area contributed by atoms with Crippen LogP contribution in [0, 0.1) is 10.1 Å². The maximum Gasteiger partial charge on any atom is 0.407 e. The van der Waals surface area contributed by atoms with Gasteiger partial charge in [-0.2, -0.15) is 0 Å². The van der Waals surface area contributed by atoms with Crippen LogP contribution in [0.5, 0.6) is 17.2 Å². The SMILES string of the molecule is COc1cc(COC(=O)NC(C)CC(=O)Oc2ccc(N3CC(=O)CC3=O)cc2)c([N+](=O)[O-])cc1OC. The van der Waals surface area contributed by atoms with Gasteiger partial charge in [0.2, 0.25) is 5.91 Å². The number of carbonyl (C=O) groups excluding carboxylic acids is 4. The molecule has 2 aromatic rings. The zero-order valence-electron chi connectivity index (χ0n) is 20.3. The van der Waals surface area contributed by atoms with Crippen molar-refractivity contribution in [2.24, 2.45) is 0 Å². The molecule has 1 saturated heterocycles. The molecule has 0 saturated carbocycles. The number of nitro groups is 1. The normalized spacial score (nSPS) is 13.6. The number of nitro benzene ring substituents is 1. The van der Waals surface area contributed by atoms with Crippen molar-refractivity contribution in [1.29, 1.82) is 0 Å². The van der Waals surface area contributed by atoms with Crippen molar-refractivity contribution in [3.8, 4) is 17.2 Å². The molecule has 196 valence electrons. The number of hydrogen-bond donors (Lipinski definition) is 1. The van der Waals surface area contributed by atoms with Crippen molar-refractivity contribution in [3.63, 3.8) is 0 Å². The van der Waals surface area contributed by atoms with E-state index >= 15 is 0 Å². The fourth-order valence-corrected chi connectivity index (χ4v) is 3.57. The second-order valence-corrected chi connectivity index (χ2v) is 8.08. The number of ketones is 1. The number of anilines is 1. The van der Waals surface area contributed by atoms with Crippen LogP contribution >= 0.6 is 0 Å². The fourth-order valence-electron chi connectivity index (χ4n) is 3.57. The summed E-state index contributed by atoms with van der Waals surface area (Å²) in [5, 5.41) is 13.8. The summed E-state index contributed by atoms with van der Waals surface area (Å²) in [5.41, 5.74) is 0.297. The van der Waals surface area contributed by atoms with Crippen LogP contribution in [0.4, 0.5) is 16.2 Å². The third-order valence-electron chi connectivity index (χ3n) is 5.34. The Kier molecular flexibility index (Phi) is 8.61. The Labute approximate surface area is 211 Å². The summed E-state index contributed by atoms with van der Waals surface area (Å²) < 4.78 is 20.5. The fraction of sp³-hybridized carbons (Fsp3) is 0.333. The van der Waals surface area contributed by atoms with Crippen LogP contribution in [0.1, 0.15) is 25.3 Å². The molecule has 1 N–H and O–H groups in total. The van der Waals surface area contributed by atoms with E-state index in [1.165, 1.54) is 43.4 Å². The van der Waals surface area contributed by atoms with Crippen LogP contribution in [0.2, 0.25) is 0 Å². The Balaban J connectivity index is 1.50. The second-order valence-electron chi connectivity index (χ2n) is 8.08. The third kappa shape index (κ3) is 6.93. The standard InChI is InChI=1S/C24H25N3O10/c1-14(8-23(30)37-18-6-4-16(5-7-18)26-12-17(28)10-22(26)29)25-24(31)36-13-15-9-20(34-2)21(35-3)11-19(15)27(32)33/h4-7,9,11,14H,8,10,12-13H2,1-3H3,(H,25,31). The Morgan fingerprint density at radius 1 is 1.11 bits per heavy atom. The maximum absolute atomic E-state index is 12.2. The molecule has 0 spiro atoms. The summed E-state index contributed by atoms with van der Waals surface area (Å²) in [6, 6.07) is 7.94. The van der Waals surface area contributed by atoms with Gasteiger partial charge in [0.05, 0.1) is 50.2 Å². The molecule has 2 amide bonds. The first-order valence-corrected chi connectivity index (χ1v) is 11.1. The largest absolute Gasteiger partial charge is 0.493 e. The van der Waals surface area contributed by atoms with E-state index in [0.29, 0.717) is 5.69 Å². The van der Waals surface area contributed by atoms with Gasteiger partial charge in [0, 0.05) is 11.7 Å². The van der Waals surface area contributed by atoms with Gasteiger partial charge in [0.15, 0.2) is 17.3 Å². The average Bonchev–Trinajstić information content (AvgIpc) is 3.19. The first-order valence-electron chi connectivity index (χ1n) is 11.1. The van der Waals surface area contributed by atoms with Crippen LogP contribution in [0.25, 0.3) is 0 Å². The molecule has 1 aliphatic heterocycles. The molecule has 1 unspecified atom stereocenters. The highest BCUT2D eigenvalue weighted by molar-refractivity contribution is 6.15. The number of benzene rings is 2. The van der Waals surface area contributed by atoms with Crippen molar-refractivity contribution in [1.82, 2.24) is 5.32 Å². The van der Waals surface area contributed by atoms with Gasteiger partial charge in [-0.05, 0) is 37.3 Å². The number of esters is 1. The van der Waals surface area contributed by atoms with Crippen molar-refractivity contribution in [2.75, 3.05) is 25.7 Å². The lowest BCUT2D eigenvalue weighted by atomic mass is 10.1. The predicted molar refractivity (Wildman–Crippen MR) is 128 cm³/mol. The van der Waals surface area contributed by atoms with Gasteiger partial charge in [0.1, 0.15) is 12.4 Å². The smallest absolute Gasteiger partial charge is 0.407 e. The zero-order chi connectivity index (χ0) is 27.1.